The molecule has 0 aromatic heterocycles. The van der Waals surface area contributed by atoms with Crippen molar-refractivity contribution >= 4 is 34.8 Å². The Labute approximate surface area is 189 Å². The number of amides is 2. The fourth-order valence-corrected chi connectivity index (χ4v) is 3.93. The van der Waals surface area contributed by atoms with Crippen molar-refractivity contribution in [2.75, 3.05) is 43.0 Å². The number of benzene rings is 2. The molecule has 1 heterocycles. The van der Waals surface area contributed by atoms with E-state index < -0.39 is 0 Å². The smallest absolute Gasteiger partial charge is 0.262 e. The first kappa shape index (κ1) is 22.9. The molecule has 0 aliphatic carbocycles. The molecule has 1 fully saturated rings. The maximum atomic E-state index is 12.3. The van der Waals surface area contributed by atoms with E-state index in [0.29, 0.717) is 36.0 Å². The maximum Gasteiger partial charge on any atom is 0.262 e. The molecule has 3 rings (SSSR count). The molecule has 0 saturated carbocycles. The number of nitrogens with one attached hydrogen (secondary N) is 1. The Morgan fingerprint density at radius 1 is 1.10 bits per heavy atom. The molecule has 166 valence electrons. The quantitative estimate of drug-likeness (QED) is 0.687. The molecule has 2 aromatic carbocycles. The van der Waals surface area contributed by atoms with Gasteiger partial charge in [-0.3, -0.25) is 9.59 Å². The van der Waals surface area contributed by atoms with Crippen LogP contribution in [0.5, 0.6) is 5.75 Å². The highest BCUT2D eigenvalue weighted by Crippen LogP contribution is 2.30. The van der Waals surface area contributed by atoms with Gasteiger partial charge in [0.05, 0.1) is 10.7 Å². The summed E-state index contributed by atoms with van der Waals surface area (Å²) in [6, 6.07) is 11.3. The lowest BCUT2D eigenvalue weighted by molar-refractivity contribution is -0.131. The molecule has 7 heteroatoms. The van der Waals surface area contributed by atoms with Gasteiger partial charge in [-0.2, -0.15) is 0 Å². The van der Waals surface area contributed by atoms with Crippen molar-refractivity contribution in [3.8, 4) is 5.75 Å². The van der Waals surface area contributed by atoms with Crippen molar-refractivity contribution < 1.29 is 14.3 Å². The van der Waals surface area contributed by atoms with E-state index in [1.165, 1.54) is 0 Å². The normalized spacial score (nSPS) is 13.8. The number of carbonyl (C=O) groups is 2. The van der Waals surface area contributed by atoms with Gasteiger partial charge in [-0.15, -0.1) is 0 Å². The van der Waals surface area contributed by atoms with E-state index in [1.54, 1.807) is 6.07 Å². The van der Waals surface area contributed by atoms with Crippen molar-refractivity contribution in [3.05, 3.63) is 52.5 Å². The number of carbonyl (C=O) groups excluding carboxylic acids is 2. The van der Waals surface area contributed by atoms with Crippen molar-refractivity contribution in [3.63, 3.8) is 0 Å². The summed E-state index contributed by atoms with van der Waals surface area (Å²) >= 11 is 6.50. The van der Waals surface area contributed by atoms with Crippen LogP contribution >= 0.6 is 11.6 Å². The number of rotatable bonds is 7. The van der Waals surface area contributed by atoms with Crippen LogP contribution < -0.4 is 15.0 Å². The molecule has 0 atom stereocenters. The number of hydrogen-bond donors (Lipinski definition) is 1. The minimum Gasteiger partial charge on any atom is -0.483 e. The lowest BCUT2D eigenvalue weighted by atomic mass is 10.1. The summed E-state index contributed by atoms with van der Waals surface area (Å²) in [5.41, 5.74) is 3.68. The highest BCUT2D eigenvalue weighted by Gasteiger charge is 2.22. The van der Waals surface area contributed by atoms with Gasteiger partial charge in [0.1, 0.15) is 5.75 Å². The average molecular weight is 444 g/mol. The highest BCUT2D eigenvalue weighted by molar-refractivity contribution is 6.33. The summed E-state index contributed by atoms with van der Waals surface area (Å²) in [5.74, 6) is 0.683. The Morgan fingerprint density at radius 3 is 2.52 bits per heavy atom. The van der Waals surface area contributed by atoms with Gasteiger partial charge in [-0.05, 0) is 55.7 Å². The van der Waals surface area contributed by atoms with Gasteiger partial charge in [0, 0.05) is 38.3 Å². The number of aryl methyl sites for hydroxylation is 1. The van der Waals surface area contributed by atoms with Crippen LogP contribution in [0.4, 0.5) is 11.4 Å². The Morgan fingerprint density at radius 2 is 1.84 bits per heavy atom. The van der Waals surface area contributed by atoms with Crippen molar-refractivity contribution in [1.82, 2.24) is 4.90 Å². The average Bonchev–Trinajstić information content (AvgIpc) is 2.75. The fourth-order valence-electron chi connectivity index (χ4n) is 3.63. The Kier molecular flexibility index (Phi) is 7.80. The molecule has 6 nitrogen and oxygen atoms in total. The van der Waals surface area contributed by atoms with Gasteiger partial charge in [-0.25, -0.2) is 0 Å². The van der Waals surface area contributed by atoms with Gasteiger partial charge >= 0.3 is 0 Å². The lowest BCUT2D eigenvalue weighted by Crippen LogP contribution is -2.48. The summed E-state index contributed by atoms with van der Waals surface area (Å²) in [6.07, 6.45) is 1.47. The molecule has 1 N–H and O–H groups in total. The van der Waals surface area contributed by atoms with Crippen LogP contribution in [-0.4, -0.2) is 49.5 Å². The second kappa shape index (κ2) is 10.5. The third-order valence-corrected chi connectivity index (χ3v) is 5.88. The van der Waals surface area contributed by atoms with E-state index in [4.69, 9.17) is 16.3 Å². The van der Waals surface area contributed by atoms with E-state index in [-0.39, 0.29) is 18.4 Å². The summed E-state index contributed by atoms with van der Waals surface area (Å²) in [4.78, 5) is 28.5. The number of piperazine rings is 1. The molecule has 1 aliphatic rings. The minimum atomic E-state index is -0.243. The van der Waals surface area contributed by atoms with E-state index in [1.807, 2.05) is 56.0 Å². The first-order valence-electron chi connectivity index (χ1n) is 10.7. The number of anilines is 2. The Bertz CT molecular complexity index is 940. The van der Waals surface area contributed by atoms with Crippen LogP contribution in [0.15, 0.2) is 36.4 Å². The van der Waals surface area contributed by atoms with Crippen molar-refractivity contribution in [1.29, 1.82) is 0 Å². The predicted molar refractivity (Wildman–Crippen MR) is 125 cm³/mol. The molecule has 2 amide bonds. The molecule has 0 bridgehead atoms. The zero-order chi connectivity index (χ0) is 22.4. The van der Waals surface area contributed by atoms with Gasteiger partial charge in [-0.1, -0.05) is 30.7 Å². The molecule has 1 aliphatic heterocycles. The highest BCUT2D eigenvalue weighted by atomic mass is 35.5. The van der Waals surface area contributed by atoms with E-state index in [9.17, 15) is 9.59 Å². The molecule has 0 radical (unpaired) electrons. The molecule has 2 aromatic rings. The zero-order valence-corrected chi connectivity index (χ0v) is 19.2. The largest absolute Gasteiger partial charge is 0.483 e. The van der Waals surface area contributed by atoms with E-state index >= 15 is 0 Å². The Hall–Kier alpha value is -2.73. The minimum absolute atomic E-state index is 0.0720. The van der Waals surface area contributed by atoms with Crippen LogP contribution in [0.2, 0.25) is 5.02 Å². The molecule has 31 heavy (non-hydrogen) atoms. The predicted octanol–water partition coefficient (Wildman–Crippen LogP) is 4.42. The summed E-state index contributed by atoms with van der Waals surface area (Å²) in [7, 11) is 0. The Balaban J connectivity index is 1.54. The van der Waals surface area contributed by atoms with E-state index in [0.717, 1.165) is 36.3 Å². The molecular weight excluding hydrogens is 414 g/mol. The number of nitrogens with zero attached hydrogens (tertiary/aromatic N) is 2. The molecular formula is C24H30ClN3O3. The van der Waals surface area contributed by atoms with Gasteiger partial charge in [0.2, 0.25) is 5.91 Å². The van der Waals surface area contributed by atoms with Gasteiger partial charge in [0.15, 0.2) is 6.61 Å². The molecule has 0 unspecified atom stereocenters. The van der Waals surface area contributed by atoms with Gasteiger partial charge in [0.25, 0.3) is 5.91 Å². The second-order valence-electron chi connectivity index (χ2n) is 7.82. The van der Waals surface area contributed by atoms with Crippen LogP contribution in [0.3, 0.4) is 0 Å². The zero-order valence-electron chi connectivity index (χ0n) is 18.4. The monoisotopic (exact) mass is 443 g/mol. The number of hydrogen-bond acceptors (Lipinski definition) is 4. The van der Waals surface area contributed by atoms with Crippen LogP contribution in [0.1, 0.15) is 30.9 Å². The number of ether oxygens (including phenoxy) is 1. The SMILES string of the molecule is CCCC(=O)N1CCN(c2ccc(NC(=O)COc3cccc(C)c3C)cc2Cl)CC1. The lowest BCUT2D eigenvalue weighted by Gasteiger charge is -2.36. The third-order valence-electron chi connectivity index (χ3n) is 5.58. The van der Waals surface area contributed by atoms with Crippen LogP contribution in [-0.2, 0) is 9.59 Å². The van der Waals surface area contributed by atoms with Gasteiger partial charge < -0.3 is 19.9 Å². The molecule has 0 spiro atoms. The first-order valence-corrected chi connectivity index (χ1v) is 11.1. The number of halogens is 1. The fraction of sp³-hybridized carbons (Fsp3) is 0.417. The van der Waals surface area contributed by atoms with E-state index in [2.05, 4.69) is 10.2 Å². The second-order valence-corrected chi connectivity index (χ2v) is 8.23. The van der Waals surface area contributed by atoms with Crippen LogP contribution in [0.25, 0.3) is 0 Å². The first-order chi connectivity index (χ1) is 14.9. The van der Waals surface area contributed by atoms with Crippen molar-refractivity contribution in [2.45, 2.75) is 33.6 Å². The van der Waals surface area contributed by atoms with Crippen molar-refractivity contribution in [2.24, 2.45) is 0 Å². The molecule has 1 saturated heterocycles. The third kappa shape index (κ3) is 5.91. The summed E-state index contributed by atoms with van der Waals surface area (Å²) in [5, 5.41) is 3.40. The van der Waals surface area contributed by atoms with Crippen LogP contribution in [0, 0.1) is 13.8 Å². The maximum absolute atomic E-state index is 12.3. The standard InChI is InChI=1S/C24H30ClN3O3/c1-4-6-24(30)28-13-11-27(12-14-28)21-10-9-19(15-20(21)25)26-23(29)16-31-22-8-5-7-17(2)18(22)3/h5,7-10,15H,4,6,11-14,16H2,1-3H3,(H,26,29). The topological polar surface area (TPSA) is 61.9 Å². The summed E-state index contributed by atoms with van der Waals surface area (Å²) in [6.45, 7) is 8.80. The summed E-state index contributed by atoms with van der Waals surface area (Å²) < 4.78 is 5.66.